The van der Waals surface area contributed by atoms with Crippen molar-refractivity contribution in [3.05, 3.63) is 78.1 Å². The van der Waals surface area contributed by atoms with Gasteiger partial charge in [0.2, 0.25) is 5.91 Å². The summed E-state index contributed by atoms with van der Waals surface area (Å²) in [4.78, 5) is 12.1. The van der Waals surface area contributed by atoms with Crippen molar-refractivity contribution in [3.8, 4) is 0 Å². The number of hydrazine groups is 1. The van der Waals surface area contributed by atoms with Crippen LogP contribution in [-0.4, -0.2) is 11.0 Å². The fourth-order valence-electron chi connectivity index (χ4n) is 2.49. The summed E-state index contributed by atoms with van der Waals surface area (Å²) in [5, 5.41) is 5.22. The monoisotopic (exact) mass is 353 g/mol. The summed E-state index contributed by atoms with van der Waals surface area (Å²) < 4.78 is 12.9. The zero-order valence-corrected chi connectivity index (χ0v) is 14.1. The maximum atomic E-state index is 12.9. The zero-order chi connectivity index (χ0) is 17.6. The maximum Gasteiger partial charge on any atom is 0.242 e. The van der Waals surface area contributed by atoms with Gasteiger partial charge in [-0.15, -0.1) is 0 Å². The summed E-state index contributed by atoms with van der Waals surface area (Å²) in [5.41, 5.74) is 6.77. The number of halogens is 1. The fraction of sp³-hybridized carbons (Fsp3) is 0.0526. The summed E-state index contributed by atoms with van der Waals surface area (Å²) >= 11 is 5.10. The lowest BCUT2D eigenvalue weighted by Gasteiger charge is -2.12. The van der Waals surface area contributed by atoms with E-state index in [1.54, 1.807) is 12.1 Å². The summed E-state index contributed by atoms with van der Waals surface area (Å²) in [5.74, 6) is -0.535. The Bertz CT molecular complexity index is 907. The molecule has 0 aliphatic rings. The van der Waals surface area contributed by atoms with Crippen LogP contribution in [0.15, 0.2) is 66.7 Å². The molecule has 0 aliphatic carbocycles. The van der Waals surface area contributed by atoms with Gasteiger partial charge in [-0.3, -0.25) is 15.6 Å². The molecule has 0 radical (unpaired) electrons. The molecular formula is C19H16FN3OS. The topological polar surface area (TPSA) is 53.2 Å². The molecule has 3 rings (SSSR count). The van der Waals surface area contributed by atoms with Crippen LogP contribution < -0.4 is 16.2 Å². The van der Waals surface area contributed by atoms with E-state index in [2.05, 4.69) is 16.2 Å². The fourth-order valence-corrected chi connectivity index (χ4v) is 2.65. The molecule has 0 saturated heterocycles. The van der Waals surface area contributed by atoms with Crippen molar-refractivity contribution in [2.24, 2.45) is 0 Å². The number of anilines is 1. The second-order valence-electron chi connectivity index (χ2n) is 5.45. The lowest BCUT2D eigenvalue weighted by Crippen LogP contribution is -2.44. The molecule has 0 fully saturated rings. The van der Waals surface area contributed by atoms with Crippen LogP contribution in [0.25, 0.3) is 10.8 Å². The highest BCUT2D eigenvalue weighted by molar-refractivity contribution is 7.80. The number of fused-ring (bicyclic) bond motifs is 1. The molecule has 126 valence electrons. The Kier molecular flexibility index (Phi) is 5.20. The highest BCUT2D eigenvalue weighted by atomic mass is 32.1. The molecule has 0 unspecified atom stereocenters. The van der Waals surface area contributed by atoms with Crippen LogP contribution in [0, 0.1) is 5.82 Å². The summed E-state index contributed by atoms with van der Waals surface area (Å²) in [6.07, 6.45) is 0.230. The molecular weight excluding hydrogens is 337 g/mol. The first-order valence-electron chi connectivity index (χ1n) is 7.70. The minimum atomic E-state index is -0.326. The van der Waals surface area contributed by atoms with Crippen LogP contribution >= 0.6 is 12.2 Å². The molecule has 0 aromatic heterocycles. The van der Waals surface area contributed by atoms with Gasteiger partial charge in [0.05, 0.1) is 6.42 Å². The predicted molar refractivity (Wildman–Crippen MR) is 102 cm³/mol. The van der Waals surface area contributed by atoms with Crippen molar-refractivity contribution in [3.63, 3.8) is 0 Å². The first-order valence-corrected chi connectivity index (χ1v) is 8.11. The first kappa shape index (κ1) is 16.9. The molecule has 6 heteroatoms. The lowest BCUT2D eigenvalue weighted by atomic mass is 10.0. The smallest absolute Gasteiger partial charge is 0.242 e. The van der Waals surface area contributed by atoms with E-state index in [1.165, 1.54) is 12.1 Å². The van der Waals surface area contributed by atoms with Crippen LogP contribution in [0.1, 0.15) is 5.56 Å². The SMILES string of the molecule is O=C(Cc1cccc2ccccc12)NNC(=S)Nc1ccc(F)cc1. The van der Waals surface area contributed by atoms with Gasteiger partial charge in [0, 0.05) is 5.69 Å². The molecule has 0 heterocycles. The number of nitrogens with one attached hydrogen (secondary N) is 3. The van der Waals surface area contributed by atoms with Gasteiger partial charge in [0.1, 0.15) is 5.82 Å². The van der Waals surface area contributed by atoms with Gasteiger partial charge in [-0.05, 0) is 52.8 Å². The van der Waals surface area contributed by atoms with Crippen molar-refractivity contribution < 1.29 is 9.18 Å². The Morgan fingerprint density at radius 2 is 1.64 bits per heavy atom. The lowest BCUT2D eigenvalue weighted by molar-refractivity contribution is -0.120. The van der Waals surface area contributed by atoms with Crippen LogP contribution in [0.5, 0.6) is 0 Å². The van der Waals surface area contributed by atoms with E-state index in [0.29, 0.717) is 5.69 Å². The van der Waals surface area contributed by atoms with Crippen LogP contribution in [-0.2, 0) is 11.2 Å². The van der Waals surface area contributed by atoms with Crippen LogP contribution in [0.4, 0.5) is 10.1 Å². The van der Waals surface area contributed by atoms with Crippen molar-refractivity contribution >= 4 is 39.7 Å². The van der Waals surface area contributed by atoms with E-state index < -0.39 is 0 Å². The first-order chi connectivity index (χ1) is 12.1. The average Bonchev–Trinajstić information content (AvgIpc) is 2.62. The third-order valence-electron chi connectivity index (χ3n) is 3.65. The van der Waals surface area contributed by atoms with Gasteiger partial charge in [-0.1, -0.05) is 42.5 Å². The molecule has 0 aliphatic heterocycles. The van der Waals surface area contributed by atoms with Gasteiger partial charge >= 0.3 is 0 Å². The molecule has 3 N–H and O–H groups in total. The maximum absolute atomic E-state index is 12.9. The van der Waals surface area contributed by atoms with Crippen molar-refractivity contribution in [2.75, 3.05) is 5.32 Å². The Hall–Kier alpha value is -2.99. The highest BCUT2D eigenvalue weighted by Gasteiger charge is 2.07. The molecule has 3 aromatic rings. The standard InChI is InChI=1S/C19H16FN3OS/c20-15-8-10-16(11-9-15)21-19(25)23-22-18(24)12-14-6-3-5-13-4-1-2-7-17(13)14/h1-11H,12H2,(H,22,24)(H2,21,23,25). The Morgan fingerprint density at radius 1 is 0.920 bits per heavy atom. The van der Waals surface area contributed by atoms with E-state index >= 15 is 0 Å². The number of hydrogen-bond acceptors (Lipinski definition) is 2. The van der Waals surface area contributed by atoms with Crippen LogP contribution in [0.3, 0.4) is 0 Å². The quantitative estimate of drug-likeness (QED) is 0.498. The molecule has 25 heavy (non-hydrogen) atoms. The summed E-state index contributed by atoms with van der Waals surface area (Å²) in [6, 6.07) is 19.5. The minimum Gasteiger partial charge on any atom is -0.331 e. The van der Waals surface area contributed by atoms with E-state index in [1.807, 2.05) is 42.5 Å². The second-order valence-corrected chi connectivity index (χ2v) is 5.86. The van der Waals surface area contributed by atoms with Gasteiger partial charge < -0.3 is 5.32 Å². The summed E-state index contributed by atoms with van der Waals surface area (Å²) in [7, 11) is 0. The number of amides is 1. The molecule has 0 spiro atoms. The summed E-state index contributed by atoms with van der Waals surface area (Å²) in [6.45, 7) is 0. The molecule has 0 atom stereocenters. The molecule has 0 bridgehead atoms. The van der Waals surface area contributed by atoms with Gasteiger partial charge in [0.25, 0.3) is 0 Å². The second kappa shape index (κ2) is 7.72. The van der Waals surface area contributed by atoms with Crippen LogP contribution in [0.2, 0.25) is 0 Å². The number of carbonyl (C=O) groups excluding carboxylic acids is 1. The average molecular weight is 353 g/mol. The zero-order valence-electron chi connectivity index (χ0n) is 13.3. The number of hydrogen-bond donors (Lipinski definition) is 3. The number of carbonyl (C=O) groups is 1. The molecule has 4 nitrogen and oxygen atoms in total. The minimum absolute atomic E-state index is 0.209. The number of benzene rings is 3. The Balaban J connectivity index is 1.55. The molecule has 0 saturated carbocycles. The van der Waals surface area contributed by atoms with Crippen molar-refractivity contribution in [2.45, 2.75) is 6.42 Å². The third-order valence-corrected chi connectivity index (χ3v) is 3.85. The largest absolute Gasteiger partial charge is 0.331 e. The van der Waals surface area contributed by atoms with Gasteiger partial charge in [0.15, 0.2) is 5.11 Å². The van der Waals surface area contributed by atoms with Crippen molar-refractivity contribution in [1.82, 2.24) is 10.9 Å². The van der Waals surface area contributed by atoms with Gasteiger partial charge in [-0.2, -0.15) is 0 Å². The molecule has 1 amide bonds. The Morgan fingerprint density at radius 3 is 2.44 bits per heavy atom. The van der Waals surface area contributed by atoms with Crippen molar-refractivity contribution in [1.29, 1.82) is 0 Å². The van der Waals surface area contributed by atoms with E-state index in [9.17, 15) is 9.18 Å². The van der Waals surface area contributed by atoms with E-state index in [-0.39, 0.29) is 23.3 Å². The van der Waals surface area contributed by atoms with E-state index in [4.69, 9.17) is 12.2 Å². The third kappa shape index (κ3) is 4.51. The predicted octanol–water partition coefficient (Wildman–Crippen LogP) is 3.54. The number of thiocarbonyl (C=S) groups is 1. The number of rotatable bonds is 3. The van der Waals surface area contributed by atoms with E-state index in [0.717, 1.165) is 16.3 Å². The highest BCUT2D eigenvalue weighted by Crippen LogP contribution is 2.18. The normalized spacial score (nSPS) is 10.3. The molecule has 3 aromatic carbocycles. The van der Waals surface area contributed by atoms with Gasteiger partial charge in [-0.25, -0.2) is 4.39 Å². The Labute approximate surface area is 150 Å².